The fourth-order valence-electron chi connectivity index (χ4n) is 4.53. The Kier molecular flexibility index (Phi) is 5.46. The van der Waals surface area contributed by atoms with Gasteiger partial charge >= 0.3 is 0 Å². The van der Waals surface area contributed by atoms with Crippen molar-refractivity contribution in [2.75, 3.05) is 27.3 Å². The number of amides is 1. The normalized spacial score (nSPS) is 20.7. The van der Waals surface area contributed by atoms with Crippen molar-refractivity contribution in [2.45, 2.75) is 25.3 Å². The minimum absolute atomic E-state index is 0.0114. The first kappa shape index (κ1) is 19.7. The van der Waals surface area contributed by atoms with Gasteiger partial charge < -0.3 is 20.1 Å². The van der Waals surface area contributed by atoms with Crippen LogP contribution in [0.5, 0.6) is 11.5 Å². The van der Waals surface area contributed by atoms with Gasteiger partial charge in [0.15, 0.2) is 0 Å². The van der Waals surface area contributed by atoms with E-state index in [-0.39, 0.29) is 23.1 Å². The summed E-state index contributed by atoms with van der Waals surface area (Å²) in [5.74, 6) is 0.873. The summed E-state index contributed by atoms with van der Waals surface area (Å²) in [5.41, 5.74) is 1.54. The van der Waals surface area contributed by atoms with Gasteiger partial charge in [-0.15, -0.1) is 0 Å². The number of carbonyl (C=O) groups excluding carboxylic acids is 1. The number of benzene rings is 2. The molecule has 4 rings (SSSR count). The second-order valence-corrected chi connectivity index (χ2v) is 7.97. The molecule has 2 aromatic rings. The van der Waals surface area contributed by atoms with Crippen LogP contribution in [0.1, 0.15) is 36.4 Å². The highest BCUT2D eigenvalue weighted by Crippen LogP contribution is 2.58. The smallest absolute Gasteiger partial charge is 0.224 e. The zero-order valence-electron chi connectivity index (χ0n) is 16.8. The van der Waals surface area contributed by atoms with Crippen molar-refractivity contribution in [3.63, 3.8) is 0 Å². The van der Waals surface area contributed by atoms with Gasteiger partial charge in [0.2, 0.25) is 5.91 Å². The second-order valence-electron chi connectivity index (χ2n) is 7.97. The van der Waals surface area contributed by atoms with Crippen LogP contribution >= 0.6 is 0 Å². The topological polar surface area (TPSA) is 59.6 Å². The van der Waals surface area contributed by atoms with Gasteiger partial charge in [-0.3, -0.25) is 4.79 Å². The molecule has 1 heterocycles. The highest BCUT2D eigenvalue weighted by Gasteiger charge is 2.57. The summed E-state index contributed by atoms with van der Waals surface area (Å²) in [5, 5.41) is 6.54. The highest BCUT2D eigenvalue weighted by molar-refractivity contribution is 5.83. The van der Waals surface area contributed by atoms with Crippen molar-refractivity contribution in [2.24, 2.45) is 11.3 Å². The third-order valence-corrected chi connectivity index (χ3v) is 6.32. The maximum absolute atomic E-state index is 14.1. The molecular weight excluding hydrogens is 371 g/mol. The van der Waals surface area contributed by atoms with Gasteiger partial charge in [0.25, 0.3) is 0 Å². The summed E-state index contributed by atoms with van der Waals surface area (Å²) in [6, 6.07) is 11.3. The van der Waals surface area contributed by atoms with Crippen molar-refractivity contribution in [1.82, 2.24) is 10.6 Å². The van der Waals surface area contributed by atoms with Crippen LogP contribution in [0.2, 0.25) is 0 Å². The maximum Gasteiger partial charge on any atom is 0.224 e. The van der Waals surface area contributed by atoms with Crippen LogP contribution in [0.3, 0.4) is 0 Å². The number of halogens is 1. The molecule has 29 heavy (non-hydrogen) atoms. The van der Waals surface area contributed by atoms with E-state index in [4.69, 9.17) is 9.47 Å². The van der Waals surface area contributed by atoms with E-state index in [9.17, 15) is 9.18 Å². The first-order valence-electron chi connectivity index (χ1n) is 10.0. The van der Waals surface area contributed by atoms with Gasteiger partial charge in [0, 0.05) is 11.5 Å². The first-order chi connectivity index (χ1) is 14.1. The minimum atomic E-state index is -0.525. The van der Waals surface area contributed by atoms with E-state index >= 15 is 0 Å². The van der Waals surface area contributed by atoms with E-state index in [0.29, 0.717) is 17.1 Å². The van der Waals surface area contributed by atoms with E-state index < -0.39 is 6.04 Å². The summed E-state index contributed by atoms with van der Waals surface area (Å²) in [6.45, 7) is 1.92. The Morgan fingerprint density at radius 3 is 2.69 bits per heavy atom. The zero-order valence-corrected chi connectivity index (χ0v) is 16.8. The number of hydrogen-bond acceptors (Lipinski definition) is 4. The monoisotopic (exact) mass is 398 g/mol. The third-order valence-electron chi connectivity index (χ3n) is 6.32. The fraction of sp³-hybridized carbons (Fsp3) is 0.435. The van der Waals surface area contributed by atoms with Gasteiger partial charge in [0.1, 0.15) is 17.3 Å². The Morgan fingerprint density at radius 1 is 1.17 bits per heavy atom. The second kappa shape index (κ2) is 8.03. The molecule has 1 saturated carbocycles. The molecule has 1 aliphatic carbocycles. The van der Waals surface area contributed by atoms with E-state index in [1.807, 2.05) is 24.3 Å². The molecule has 1 spiro atoms. The molecule has 0 aromatic heterocycles. The molecule has 154 valence electrons. The van der Waals surface area contributed by atoms with Crippen LogP contribution < -0.4 is 20.1 Å². The molecule has 0 bridgehead atoms. The molecular formula is C23H27FN2O3. The van der Waals surface area contributed by atoms with Crippen LogP contribution in [-0.4, -0.2) is 33.2 Å². The fourth-order valence-corrected chi connectivity index (χ4v) is 4.53. The van der Waals surface area contributed by atoms with Crippen LogP contribution in [0.15, 0.2) is 42.5 Å². The van der Waals surface area contributed by atoms with Crippen LogP contribution in [-0.2, 0) is 4.79 Å². The third kappa shape index (κ3) is 3.94. The lowest BCUT2D eigenvalue weighted by molar-refractivity contribution is -0.123. The van der Waals surface area contributed by atoms with Gasteiger partial charge in [-0.05, 0) is 73.7 Å². The number of nitrogens with one attached hydrogen (secondary N) is 2. The molecule has 2 fully saturated rings. The Bertz CT molecular complexity index is 895. The molecule has 2 atom stereocenters. The summed E-state index contributed by atoms with van der Waals surface area (Å²) in [7, 11) is 3.15. The number of piperidine rings is 1. The van der Waals surface area contributed by atoms with Gasteiger partial charge in [0.05, 0.1) is 20.3 Å². The quantitative estimate of drug-likeness (QED) is 0.783. The van der Waals surface area contributed by atoms with E-state index in [1.165, 1.54) is 12.1 Å². The Morgan fingerprint density at radius 2 is 1.97 bits per heavy atom. The Balaban J connectivity index is 1.65. The Hall–Kier alpha value is -2.60. The van der Waals surface area contributed by atoms with Crippen molar-refractivity contribution >= 4 is 5.91 Å². The molecule has 1 amide bonds. The number of methoxy groups -OCH3 is 2. The van der Waals surface area contributed by atoms with Crippen LogP contribution in [0.25, 0.3) is 0 Å². The molecule has 1 aliphatic heterocycles. The van der Waals surface area contributed by atoms with Gasteiger partial charge in [-0.1, -0.05) is 12.1 Å². The molecule has 2 N–H and O–H groups in total. The van der Waals surface area contributed by atoms with E-state index in [1.54, 1.807) is 20.3 Å². The summed E-state index contributed by atoms with van der Waals surface area (Å²) in [4.78, 5) is 13.2. The lowest BCUT2D eigenvalue weighted by Crippen LogP contribution is -2.35. The lowest BCUT2D eigenvalue weighted by Gasteiger charge is -2.25. The number of hydrogen-bond donors (Lipinski definition) is 2. The van der Waals surface area contributed by atoms with Crippen molar-refractivity contribution in [3.05, 3.63) is 59.4 Å². The van der Waals surface area contributed by atoms with Crippen molar-refractivity contribution < 1.29 is 18.7 Å². The van der Waals surface area contributed by atoms with Gasteiger partial charge in [-0.25, -0.2) is 4.39 Å². The highest BCUT2D eigenvalue weighted by atomic mass is 19.1. The van der Waals surface area contributed by atoms with Gasteiger partial charge in [-0.2, -0.15) is 0 Å². The molecule has 6 heteroatoms. The van der Waals surface area contributed by atoms with Crippen LogP contribution in [0, 0.1) is 17.2 Å². The SMILES string of the molecule is COc1cccc(C(NC(=O)C2CC23CCNCC3)c2cc(F)ccc2OC)c1. The van der Waals surface area contributed by atoms with E-state index in [2.05, 4.69) is 10.6 Å². The molecule has 2 aliphatic rings. The first-order valence-corrected chi connectivity index (χ1v) is 10.0. The number of carbonyl (C=O) groups is 1. The molecule has 2 aromatic carbocycles. The molecule has 5 nitrogen and oxygen atoms in total. The van der Waals surface area contributed by atoms with Crippen molar-refractivity contribution in [1.29, 1.82) is 0 Å². The Labute approximate surface area is 170 Å². The average molecular weight is 398 g/mol. The summed E-state index contributed by atoms with van der Waals surface area (Å²) < 4.78 is 24.9. The molecule has 1 saturated heterocycles. The standard InChI is InChI=1S/C23H27FN2O3/c1-28-17-5-3-4-15(12-17)21(18-13-16(24)6-7-20(18)29-2)26-22(27)19-14-23(19)8-10-25-11-9-23/h3-7,12-13,19,21,25H,8-11,14H2,1-2H3,(H,26,27). The molecule has 2 unspecified atom stereocenters. The summed E-state index contributed by atoms with van der Waals surface area (Å²) >= 11 is 0. The average Bonchev–Trinajstić information content (AvgIpc) is 3.45. The summed E-state index contributed by atoms with van der Waals surface area (Å²) in [6.07, 6.45) is 2.97. The predicted octanol–water partition coefficient (Wildman–Crippen LogP) is 3.44. The number of ether oxygens (including phenoxy) is 2. The number of rotatable bonds is 6. The largest absolute Gasteiger partial charge is 0.497 e. The van der Waals surface area contributed by atoms with Crippen molar-refractivity contribution in [3.8, 4) is 11.5 Å². The van der Waals surface area contributed by atoms with E-state index in [0.717, 1.165) is 37.9 Å². The minimum Gasteiger partial charge on any atom is -0.497 e. The zero-order chi connectivity index (χ0) is 20.4. The lowest BCUT2D eigenvalue weighted by atomic mass is 9.91. The predicted molar refractivity (Wildman–Crippen MR) is 109 cm³/mol. The maximum atomic E-state index is 14.1. The van der Waals surface area contributed by atoms with Crippen LogP contribution in [0.4, 0.5) is 4.39 Å². The molecule has 0 radical (unpaired) electrons.